The first-order valence-corrected chi connectivity index (χ1v) is 13.3. The fraction of sp³-hybridized carbons (Fsp3) is 0.407. The van der Waals surface area contributed by atoms with Gasteiger partial charge in [-0.05, 0) is 44.0 Å². The maximum Gasteiger partial charge on any atom is 0.263 e. The summed E-state index contributed by atoms with van der Waals surface area (Å²) < 4.78 is 11.8. The van der Waals surface area contributed by atoms with E-state index >= 15 is 0 Å². The number of amides is 2. The third-order valence-corrected chi connectivity index (χ3v) is 7.07. The number of nitrogens with one attached hydrogen (secondary N) is 2. The number of aryl methyl sites for hydroxylation is 1. The average molecular weight is 524 g/mol. The first-order chi connectivity index (χ1) is 17.8. The van der Waals surface area contributed by atoms with Crippen LogP contribution in [0.15, 0.2) is 42.6 Å². The molecule has 1 fully saturated rings. The average Bonchev–Trinajstić information content (AvgIpc) is 3.49. The number of hydrogen-bond donors (Lipinski definition) is 2. The molecule has 0 spiro atoms. The summed E-state index contributed by atoms with van der Waals surface area (Å²) in [5.41, 5.74) is 2.62. The Morgan fingerprint density at radius 3 is 2.68 bits per heavy atom. The van der Waals surface area contributed by atoms with E-state index in [1.807, 2.05) is 49.5 Å². The second-order valence-corrected chi connectivity index (χ2v) is 10.1. The molecular formula is C27H33N5O4S. The molecule has 0 radical (unpaired) electrons. The maximum absolute atomic E-state index is 12.8. The molecular weight excluding hydrogens is 490 g/mol. The van der Waals surface area contributed by atoms with Gasteiger partial charge in [0.1, 0.15) is 16.7 Å². The summed E-state index contributed by atoms with van der Waals surface area (Å²) in [7, 11) is 0. The Balaban J connectivity index is 1.28. The molecule has 1 aromatic carbocycles. The third kappa shape index (κ3) is 6.97. The van der Waals surface area contributed by atoms with Gasteiger partial charge in [0.05, 0.1) is 36.8 Å². The van der Waals surface area contributed by atoms with E-state index in [4.69, 9.17) is 9.47 Å². The van der Waals surface area contributed by atoms with E-state index < -0.39 is 0 Å². The number of ether oxygens (including phenoxy) is 2. The summed E-state index contributed by atoms with van der Waals surface area (Å²) in [5.74, 6) is 1.02. The molecule has 10 heteroatoms. The highest BCUT2D eigenvalue weighted by Gasteiger charge is 2.25. The summed E-state index contributed by atoms with van der Waals surface area (Å²) in [4.78, 5) is 35.4. The summed E-state index contributed by atoms with van der Waals surface area (Å²) >= 11 is 1.17. The molecule has 9 nitrogen and oxygen atoms in total. The Bertz CT molecular complexity index is 1210. The number of aromatic nitrogens is 2. The van der Waals surface area contributed by atoms with Crippen molar-refractivity contribution in [3.8, 4) is 11.6 Å². The van der Waals surface area contributed by atoms with E-state index in [2.05, 4.69) is 32.4 Å². The van der Waals surface area contributed by atoms with Gasteiger partial charge in [0, 0.05) is 26.0 Å². The zero-order chi connectivity index (χ0) is 26.4. The SMILES string of the molecule is CCCOc1ccc(N2CC[C@@H](Oc3ccc([C@H](C)NC(=O)c4sc(NC(C)=O)nc4C)cc3)C2)cn1. The summed E-state index contributed by atoms with van der Waals surface area (Å²) in [6.45, 7) is 9.54. The molecule has 0 bridgehead atoms. The highest BCUT2D eigenvalue weighted by atomic mass is 32.1. The van der Waals surface area contributed by atoms with Gasteiger partial charge in [0.15, 0.2) is 5.13 Å². The highest BCUT2D eigenvalue weighted by Crippen LogP contribution is 2.26. The van der Waals surface area contributed by atoms with Gasteiger partial charge in [0.2, 0.25) is 11.8 Å². The largest absolute Gasteiger partial charge is 0.489 e. The van der Waals surface area contributed by atoms with Gasteiger partial charge in [-0.25, -0.2) is 9.97 Å². The summed E-state index contributed by atoms with van der Waals surface area (Å²) in [6, 6.07) is 11.6. The lowest BCUT2D eigenvalue weighted by molar-refractivity contribution is -0.114. The van der Waals surface area contributed by atoms with E-state index in [1.54, 1.807) is 6.92 Å². The lowest BCUT2D eigenvalue weighted by atomic mass is 10.1. The molecule has 0 aliphatic carbocycles. The van der Waals surface area contributed by atoms with Crippen LogP contribution in [0.2, 0.25) is 0 Å². The number of rotatable bonds is 10. The van der Waals surface area contributed by atoms with E-state index in [0.29, 0.717) is 28.2 Å². The molecule has 2 atom stereocenters. The Kier molecular flexibility index (Phi) is 8.60. The molecule has 2 amide bonds. The fourth-order valence-corrected chi connectivity index (χ4v) is 5.01. The number of pyridine rings is 1. The monoisotopic (exact) mass is 523 g/mol. The number of thiazole rings is 1. The van der Waals surface area contributed by atoms with Gasteiger partial charge in [-0.15, -0.1) is 0 Å². The van der Waals surface area contributed by atoms with Crippen molar-refractivity contribution in [2.45, 2.75) is 52.7 Å². The zero-order valence-corrected chi connectivity index (χ0v) is 22.4. The van der Waals surface area contributed by atoms with E-state index in [9.17, 15) is 9.59 Å². The van der Waals surface area contributed by atoms with Gasteiger partial charge in [0.25, 0.3) is 5.91 Å². The van der Waals surface area contributed by atoms with Gasteiger partial charge >= 0.3 is 0 Å². The number of benzene rings is 1. The van der Waals surface area contributed by atoms with Crippen LogP contribution in [0.25, 0.3) is 0 Å². The Labute approximate surface area is 221 Å². The molecule has 196 valence electrons. The van der Waals surface area contributed by atoms with Crippen LogP contribution >= 0.6 is 11.3 Å². The minimum absolute atomic E-state index is 0.0890. The molecule has 37 heavy (non-hydrogen) atoms. The Morgan fingerprint density at radius 2 is 2.00 bits per heavy atom. The van der Waals surface area contributed by atoms with Crippen molar-refractivity contribution in [1.82, 2.24) is 15.3 Å². The number of nitrogens with zero attached hydrogens (tertiary/aromatic N) is 3. The van der Waals surface area contributed by atoms with Gasteiger partial charge in [-0.1, -0.05) is 30.4 Å². The second kappa shape index (κ2) is 12.1. The Morgan fingerprint density at radius 1 is 1.22 bits per heavy atom. The van der Waals surface area contributed by atoms with E-state index in [1.165, 1.54) is 18.3 Å². The first-order valence-electron chi connectivity index (χ1n) is 12.5. The molecule has 1 saturated heterocycles. The molecule has 3 heterocycles. The van der Waals surface area contributed by atoms with Crippen LogP contribution in [-0.4, -0.2) is 47.6 Å². The van der Waals surface area contributed by atoms with Crippen LogP contribution in [0.1, 0.15) is 60.6 Å². The third-order valence-electron chi connectivity index (χ3n) is 6.00. The topological polar surface area (TPSA) is 106 Å². The van der Waals surface area contributed by atoms with Crippen molar-refractivity contribution < 1.29 is 19.1 Å². The predicted octanol–water partition coefficient (Wildman–Crippen LogP) is 4.74. The van der Waals surface area contributed by atoms with Crippen LogP contribution in [0.4, 0.5) is 10.8 Å². The normalized spacial score (nSPS) is 15.8. The zero-order valence-electron chi connectivity index (χ0n) is 21.6. The predicted molar refractivity (Wildman–Crippen MR) is 145 cm³/mol. The minimum Gasteiger partial charge on any atom is -0.489 e. The minimum atomic E-state index is -0.218. The van der Waals surface area contributed by atoms with Crippen LogP contribution < -0.4 is 25.0 Å². The molecule has 2 N–H and O–H groups in total. The standard InChI is InChI=1S/C27H33N5O4S/c1-5-14-35-24-11-8-21(15-28-24)32-13-12-23(16-32)36-22-9-6-20(7-10-22)17(2)29-26(34)25-18(3)30-27(37-25)31-19(4)33/h6-11,15,17,23H,5,12-14,16H2,1-4H3,(H,29,34)(H,30,31,33)/t17-,23+/m0/s1. The quantitative estimate of drug-likeness (QED) is 0.395. The molecule has 2 aromatic heterocycles. The Hall–Kier alpha value is -3.66. The van der Waals surface area contributed by atoms with Crippen molar-refractivity contribution in [2.75, 3.05) is 29.9 Å². The molecule has 4 rings (SSSR count). The van der Waals surface area contributed by atoms with Crippen molar-refractivity contribution in [1.29, 1.82) is 0 Å². The van der Waals surface area contributed by atoms with Crippen LogP contribution in [0.3, 0.4) is 0 Å². The molecule has 3 aromatic rings. The number of anilines is 2. The number of carbonyl (C=O) groups is 2. The fourth-order valence-electron chi connectivity index (χ4n) is 4.09. The molecule has 1 aliphatic rings. The van der Waals surface area contributed by atoms with Crippen LogP contribution in [0, 0.1) is 6.92 Å². The van der Waals surface area contributed by atoms with Crippen molar-refractivity contribution in [2.24, 2.45) is 0 Å². The van der Waals surface area contributed by atoms with Crippen molar-refractivity contribution in [3.63, 3.8) is 0 Å². The maximum atomic E-state index is 12.8. The molecule has 0 unspecified atom stereocenters. The molecule has 1 aliphatic heterocycles. The van der Waals surface area contributed by atoms with E-state index in [-0.39, 0.29) is 24.0 Å². The smallest absolute Gasteiger partial charge is 0.263 e. The van der Waals surface area contributed by atoms with Gasteiger partial charge in [-0.2, -0.15) is 0 Å². The van der Waals surface area contributed by atoms with Crippen molar-refractivity contribution >= 4 is 34.0 Å². The lowest BCUT2D eigenvalue weighted by Gasteiger charge is -2.19. The highest BCUT2D eigenvalue weighted by molar-refractivity contribution is 7.17. The molecule has 0 saturated carbocycles. The van der Waals surface area contributed by atoms with Crippen LogP contribution in [0.5, 0.6) is 11.6 Å². The van der Waals surface area contributed by atoms with E-state index in [0.717, 1.165) is 42.9 Å². The van der Waals surface area contributed by atoms with Gasteiger partial charge in [-0.3, -0.25) is 9.59 Å². The first kappa shape index (κ1) is 26.4. The summed E-state index contributed by atoms with van der Waals surface area (Å²) in [6.07, 6.45) is 3.83. The van der Waals surface area contributed by atoms with Crippen molar-refractivity contribution in [3.05, 3.63) is 58.7 Å². The second-order valence-electron chi connectivity index (χ2n) is 9.06. The lowest BCUT2D eigenvalue weighted by Crippen LogP contribution is -2.26. The van der Waals surface area contributed by atoms with Gasteiger partial charge < -0.3 is 25.0 Å². The van der Waals surface area contributed by atoms with Crippen LogP contribution in [-0.2, 0) is 4.79 Å². The summed E-state index contributed by atoms with van der Waals surface area (Å²) in [5, 5.41) is 6.05. The number of hydrogen-bond acceptors (Lipinski definition) is 8. The number of carbonyl (C=O) groups excluding carboxylic acids is 2.